The minimum Gasteiger partial charge on any atom is -0.324 e. The first kappa shape index (κ1) is 12.6. The summed E-state index contributed by atoms with van der Waals surface area (Å²) in [6.07, 6.45) is 1.78. The van der Waals surface area contributed by atoms with E-state index in [9.17, 15) is 0 Å². The SMILES string of the molecule is N#Cc1ccc(Nc2ncc3cccc(Br)c3n2)cc1. The summed E-state index contributed by atoms with van der Waals surface area (Å²) in [5, 5.41) is 12.9. The third kappa shape index (κ3) is 2.46. The van der Waals surface area contributed by atoms with E-state index >= 15 is 0 Å². The van der Waals surface area contributed by atoms with E-state index in [-0.39, 0.29) is 0 Å². The summed E-state index contributed by atoms with van der Waals surface area (Å²) in [6, 6.07) is 15.1. The molecule has 0 unspecified atom stereocenters. The Morgan fingerprint density at radius 2 is 1.90 bits per heavy atom. The van der Waals surface area contributed by atoms with Crippen LogP contribution in [0, 0.1) is 11.3 Å². The predicted molar refractivity (Wildman–Crippen MR) is 81.7 cm³/mol. The second-order valence-corrected chi connectivity index (χ2v) is 5.04. The maximum absolute atomic E-state index is 8.77. The molecule has 0 aliphatic heterocycles. The van der Waals surface area contributed by atoms with Gasteiger partial charge in [0, 0.05) is 21.7 Å². The van der Waals surface area contributed by atoms with E-state index in [1.54, 1.807) is 18.3 Å². The minimum absolute atomic E-state index is 0.522. The smallest absolute Gasteiger partial charge is 0.227 e. The highest BCUT2D eigenvalue weighted by Gasteiger charge is 2.03. The van der Waals surface area contributed by atoms with Gasteiger partial charge >= 0.3 is 0 Å². The minimum atomic E-state index is 0.522. The van der Waals surface area contributed by atoms with Gasteiger partial charge in [0.25, 0.3) is 0 Å². The fourth-order valence-electron chi connectivity index (χ4n) is 1.84. The predicted octanol–water partition coefficient (Wildman–Crippen LogP) is 4.01. The fraction of sp³-hybridized carbons (Fsp3) is 0. The summed E-state index contributed by atoms with van der Waals surface area (Å²) in [5.41, 5.74) is 2.33. The van der Waals surface area contributed by atoms with E-state index in [1.165, 1.54) is 0 Å². The van der Waals surface area contributed by atoms with E-state index in [2.05, 4.69) is 37.3 Å². The molecule has 4 nitrogen and oxygen atoms in total. The summed E-state index contributed by atoms with van der Waals surface area (Å²) >= 11 is 3.48. The standard InChI is InChI=1S/C15H9BrN4/c16-13-3-1-2-11-9-18-15(20-14(11)13)19-12-6-4-10(8-17)5-7-12/h1-7,9H,(H,18,19,20). The molecule has 0 aliphatic carbocycles. The Morgan fingerprint density at radius 3 is 2.65 bits per heavy atom. The molecule has 2 aromatic carbocycles. The van der Waals surface area contributed by atoms with Gasteiger partial charge in [0.05, 0.1) is 17.1 Å². The topological polar surface area (TPSA) is 61.6 Å². The summed E-state index contributed by atoms with van der Waals surface area (Å²) in [4.78, 5) is 8.76. The Morgan fingerprint density at radius 1 is 1.10 bits per heavy atom. The second-order valence-electron chi connectivity index (χ2n) is 4.19. The van der Waals surface area contributed by atoms with Crippen molar-refractivity contribution < 1.29 is 0 Å². The molecular formula is C15H9BrN4. The summed E-state index contributed by atoms with van der Waals surface area (Å²) in [6.45, 7) is 0. The zero-order chi connectivity index (χ0) is 13.9. The molecular weight excluding hydrogens is 316 g/mol. The van der Waals surface area contributed by atoms with E-state index in [0.29, 0.717) is 11.5 Å². The highest BCUT2D eigenvalue weighted by molar-refractivity contribution is 9.10. The van der Waals surface area contributed by atoms with E-state index in [1.807, 2.05) is 30.3 Å². The molecule has 3 aromatic rings. The Bertz CT molecular complexity index is 806. The number of nitrogens with one attached hydrogen (secondary N) is 1. The third-order valence-corrected chi connectivity index (χ3v) is 3.47. The van der Waals surface area contributed by atoms with Crippen molar-refractivity contribution in [2.75, 3.05) is 5.32 Å². The lowest BCUT2D eigenvalue weighted by atomic mass is 10.2. The summed E-state index contributed by atoms with van der Waals surface area (Å²) < 4.78 is 0.931. The van der Waals surface area contributed by atoms with Gasteiger partial charge in [-0.25, -0.2) is 9.97 Å². The molecule has 96 valence electrons. The highest BCUT2D eigenvalue weighted by atomic mass is 79.9. The number of nitrogens with zero attached hydrogens (tertiary/aromatic N) is 3. The third-order valence-electron chi connectivity index (χ3n) is 2.83. The van der Waals surface area contributed by atoms with Crippen LogP contribution in [-0.4, -0.2) is 9.97 Å². The Hall–Kier alpha value is -2.45. The van der Waals surface area contributed by atoms with Gasteiger partial charge in [0.2, 0.25) is 5.95 Å². The van der Waals surface area contributed by atoms with Gasteiger partial charge in [-0.1, -0.05) is 12.1 Å². The molecule has 3 rings (SSSR count). The van der Waals surface area contributed by atoms with Gasteiger partial charge < -0.3 is 5.32 Å². The lowest BCUT2D eigenvalue weighted by Crippen LogP contribution is -1.97. The molecule has 0 fully saturated rings. The molecule has 1 heterocycles. The fourth-order valence-corrected chi connectivity index (χ4v) is 2.31. The lowest BCUT2D eigenvalue weighted by Gasteiger charge is -2.06. The number of fused-ring (bicyclic) bond motifs is 1. The molecule has 0 saturated carbocycles. The van der Waals surface area contributed by atoms with Crippen LogP contribution in [0.15, 0.2) is 53.1 Å². The lowest BCUT2D eigenvalue weighted by molar-refractivity contribution is 1.21. The Balaban J connectivity index is 1.94. The normalized spacial score (nSPS) is 10.2. The van der Waals surface area contributed by atoms with Crippen molar-refractivity contribution in [2.24, 2.45) is 0 Å². The van der Waals surface area contributed by atoms with Crippen molar-refractivity contribution >= 4 is 38.5 Å². The molecule has 0 aliphatic rings. The Kier molecular flexibility index (Phi) is 3.32. The first-order chi connectivity index (χ1) is 9.76. The summed E-state index contributed by atoms with van der Waals surface area (Å²) in [5.74, 6) is 0.522. The van der Waals surface area contributed by atoms with E-state index in [0.717, 1.165) is 21.1 Å². The number of nitriles is 1. The van der Waals surface area contributed by atoms with Crippen LogP contribution in [0.25, 0.3) is 10.9 Å². The van der Waals surface area contributed by atoms with Crippen LogP contribution in [0.5, 0.6) is 0 Å². The maximum Gasteiger partial charge on any atom is 0.227 e. The van der Waals surface area contributed by atoms with Gasteiger partial charge in [-0.3, -0.25) is 0 Å². The van der Waals surface area contributed by atoms with Gasteiger partial charge in [-0.2, -0.15) is 5.26 Å². The zero-order valence-corrected chi connectivity index (χ0v) is 11.9. The largest absolute Gasteiger partial charge is 0.324 e. The van der Waals surface area contributed by atoms with Crippen molar-refractivity contribution in [3.8, 4) is 6.07 Å². The van der Waals surface area contributed by atoms with Gasteiger partial charge in [0.15, 0.2) is 0 Å². The zero-order valence-electron chi connectivity index (χ0n) is 10.3. The first-order valence-electron chi connectivity index (χ1n) is 5.95. The average molecular weight is 325 g/mol. The van der Waals surface area contributed by atoms with Crippen LogP contribution in [0.4, 0.5) is 11.6 Å². The number of hydrogen-bond acceptors (Lipinski definition) is 4. The number of halogens is 1. The average Bonchev–Trinajstić information content (AvgIpc) is 2.49. The number of rotatable bonds is 2. The monoisotopic (exact) mass is 324 g/mol. The van der Waals surface area contributed by atoms with Crippen LogP contribution < -0.4 is 5.32 Å². The number of aromatic nitrogens is 2. The van der Waals surface area contributed by atoms with Crippen LogP contribution >= 0.6 is 15.9 Å². The quantitative estimate of drug-likeness (QED) is 0.773. The van der Waals surface area contributed by atoms with Gasteiger partial charge in [0.1, 0.15) is 0 Å². The van der Waals surface area contributed by atoms with Crippen LogP contribution in [0.3, 0.4) is 0 Å². The summed E-state index contributed by atoms with van der Waals surface area (Å²) in [7, 11) is 0. The van der Waals surface area contributed by atoms with Crippen molar-refractivity contribution in [3.63, 3.8) is 0 Å². The second kappa shape index (κ2) is 5.27. The molecule has 1 N–H and O–H groups in total. The molecule has 20 heavy (non-hydrogen) atoms. The van der Waals surface area contributed by atoms with Crippen molar-refractivity contribution in [1.82, 2.24) is 9.97 Å². The first-order valence-corrected chi connectivity index (χ1v) is 6.74. The number of para-hydroxylation sites is 1. The highest BCUT2D eigenvalue weighted by Crippen LogP contribution is 2.23. The van der Waals surface area contributed by atoms with Gasteiger partial charge in [-0.15, -0.1) is 0 Å². The number of benzene rings is 2. The molecule has 0 bridgehead atoms. The van der Waals surface area contributed by atoms with Gasteiger partial charge in [-0.05, 0) is 46.3 Å². The van der Waals surface area contributed by atoms with Crippen LogP contribution in [0.2, 0.25) is 0 Å². The molecule has 0 radical (unpaired) electrons. The molecule has 0 spiro atoms. The number of anilines is 2. The molecule has 1 aromatic heterocycles. The Labute approximate surface area is 124 Å². The van der Waals surface area contributed by atoms with Crippen molar-refractivity contribution in [3.05, 3.63) is 58.7 Å². The number of hydrogen-bond donors (Lipinski definition) is 1. The maximum atomic E-state index is 8.77. The molecule has 0 amide bonds. The molecule has 5 heteroatoms. The van der Waals surface area contributed by atoms with Crippen LogP contribution in [-0.2, 0) is 0 Å². The van der Waals surface area contributed by atoms with Crippen molar-refractivity contribution in [1.29, 1.82) is 5.26 Å². The molecule has 0 saturated heterocycles. The molecule has 0 atom stereocenters. The van der Waals surface area contributed by atoms with E-state index in [4.69, 9.17) is 5.26 Å². The van der Waals surface area contributed by atoms with Crippen LogP contribution in [0.1, 0.15) is 5.56 Å². The van der Waals surface area contributed by atoms with Crippen molar-refractivity contribution in [2.45, 2.75) is 0 Å². The van der Waals surface area contributed by atoms with E-state index < -0.39 is 0 Å².